The van der Waals surface area contributed by atoms with E-state index >= 15 is 0 Å². The molecule has 1 aromatic carbocycles. The standard InChI is InChI=1S/C20H27N5O/c1-5-24-17-10-8-7-9-15(17)22-19(24)11-12-21-20(26)18-13-16(14(3)4)23-25(18)6-2/h7-10,13-14H,5-6,11-12H2,1-4H3,(H,21,26). The van der Waals surface area contributed by atoms with Gasteiger partial charge in [0, 0.05) is 26.1 Å². The van der Waals surface area contributed by atoms with Crippen LogP contribution in [-0.4, -0.2) is 31.8 Å². The molecule has 0 aliphatic heterocycles. The maximum Gasteiger partial charge on any atom is 0.269 e. The van der Waals surface area contributed by atoms with Gasteiger partial charge in [-0.25, -0.2) is 4.98 Å². The molecule has 6 heteroatoms. The first-order valence-corrected chi connectivity index (χ1v) is 9.35. The number of carbonyl (C=O) groups excluding carboxylic acids is 1. The van der Waals surface area contributed by atoms with Crippen molar-refractivity contribution in [3.8, 4) is 0 Å². The molecule has 26 heavy (non-hydrogen) atoms. The van der Waals surface area contributed by atoms with Gasteiger partial charge in [0.25, 0.3) is 5.91 Å². The van der Waals surface area contributed by atoms with Crippen LogP contribution >= 0.6 is 0 Å². The van der Waals surface area contributed by atoms with Crippen molar-refractivity contribution >= 4 is 16.9 Å². The number of aromatic nitrogens is 4. The molecule has 1 amide bonds. The molecule has 1 N–H and O–H groups in total. The number of imidazole rings is 1. The fourth-order valence-electron chi connectivity index (χ4n) is 3.19. The summed E-state index contributed by atoms with van der Waals surface area (Å²) < 4.78 is 3.97. The summed E-state index contributed by atoms with van der Waals surface area (Å²) in [5.41, 5.74) is 3.72. The molecule has 0 unspecified atom stereocenters. The van der Waals surface area contributed by atoms with Crippen LogP contribution in [0.3, 0.4) is 0 Å². The summed E-state index contributed by atoms with van der Waals surface area (Å²) in [4.78, 5) is 17.3. The fourth-order valence-corrected chi connectivity index (χ4v) is 3.19. The third-order valence-corrected chi connectivity index (χ3v) is 4.61. The molecule has 0 fully saturated rings. The lowest BCUT2D eigenvalue weighted by atomic mass is 10.1. The zero-order chi connectivity index (χ0) is 18.7. The second-order valence-corrected chi connectivity index (χ2v) is 6.69. The molecule has 0 saturated carbocycles. The van der Waals surface area contributed by atoms with E-state index in [-0.39, 0.29) is 5.91 Å². The Morgan fingerprint density at radius 2 is 1.96 bits per heavy atom. The number of benzene rings is 1. The minimum atomic E-state index is -0.0783. The van der Waals surface area contributed by atoms with Gasteiger partial charge in [-0.05, 0) is 38.0 Å². The van der Waals surface area contributed by atoms with Crippen LogP contribution in [0.2, 0.25) is 0 Å². The van der Waals surface area contributed by atoms with Crippen LogP contribution in [0.15, 0.2) is 30.3 Å². The first-order chi connectivity index (χ1) is 12.5. The molecular formula is C20H27N5O. The number of para-hydroxylation sites is 2. The highest BCUT2D eigenvalue weighted by Gasteiger charge is 2.16. The van der Waals surface area contributed by atoms with E-state index < -0.39 is 0 Å². The minimum Gasteiger partial charge on any atom is -0.350 e. The van der Waals surface area contributed by atoms with Crippen LogP contribution in [0.4, 0.5) is 0 Å². The third-order valence-electron chi connectivity index (χ3n) is 4.61. The van der Waals surface area contributed by atoms with Crippen molar-refractivity contribution in [3.05, 3.63) is 47.5 Å². The maximum absolute atomic E-state index is 12.6. The van der Waals surface area contributed by atoms with Crippen molar-refractivity contribution in [1.82, 2.24) is 24.6 Å². The average molecular weight is 353 g/mol. The molecule has 0 aliphatic carbocycles. The summed E-state index contributed by atoms with van der Waals surface area (Å²) in [5, 5.41) is 7.53. The van der Waals surface area contributed by atoms with E-state index in [4.69, 9.17) is 4.98 Å². The van der Waals surface area contributed by atoms with Crippen molar-refractivity contribution in [1.29, 1.82) is 0 Å². The van der Waals surface area contributed by atoms with Gasteiger partial charge in [0.1, 0.15) is 11.5 Å². The van der Waals surface area contributed by atoms with E-state index in [1.807, 2.05) is 31.2 Å². The summed E-state index contributed by atoms with van der Waals surface area (Å²) in [6.45, 7) is 10.4. The highest BCUT2D eigenvalue weighted by Crippen LogP contribution is 2.17. The predicted molar refractivity (Wildman–Crippen MR) is 103 cm³/mol. The van der Waals surface area contributed by atoms with Crippen molar-refractivity contribution < 1.29 is 4.79 Å². The van der Waals surface area contributed by atoms with Gasteiger partial charge in [-0.2, -0.15) is 5.10 Å². The van der Waals surface area contributed by atoms with Crippen LogP contribution in [0, 0.1) is 0 Å². The van der Waals surface area contributed by atoms with Gasteiger partial charge in [-0.3, -0.25) is 9.48 Å². The van der Waals surface area contributed by atoms with E-state index in [1.54, 1.807) is 4.68 Å². The molecule has 138 valence electrons. The van der Waals surface area contributed by atoms with Gasteiger partial charge in [0.05, 0.1) is 16.7 Å². The molecule has 6 nitrogen and oxygen atoms in total. The Bertz CT molecular complexity index is 906. The van der Waals surface area contributed by atoms with Crippen LogP contribution in [0.5, 0.6) is 0 Å². The highest BCUT2D eigenvalue weighted by molar-refractivity contribution is 5.92. The first-order valence-electron chi connectivity index (χ1n) is 9.35. The number of fused-ring (bicyclic) bond motifs is 1. The van der Waals surface area contributed by atoms with E-state index in [9.17, 15) is 4.79 Å². The molecule has 0 bridgehead atoms. The largest absolute Gasteiger partial charge is 0.350 e. The van der Waals surface area contributed by atoms with Gasteiger partial charge in [-0.15, -0.1) is 0 Å². The van der Waals surface area contributed by atoms with Crippen molar-refractivity contribution in [2.75, 3.05) is 6.54 Å². The fraction of sp³-hybridized carbons (Fsp3) is 0.450. The van der Waals surface area contributed by atoms with E-state index in [2.05, 4.69) is 41.8 Å². The zero-order valence-electron chi connectivity index (χ0n) is 16.0. The first kappa shape index (κ1) is 18.2. The molecule has 0 spiro atoms. The van der Waals surface area contributed by atoms with Crippen molar-refractivity contribution in [2.45, 2.75) is 53.1 Å². The molecular weight excluding hydrogens is 326 g/mol. The number of nitrogens with one attached hydrogen (secondary N) is 1. The molecule has 0 radical (unpaired) electrons. The van der Waals surface area contributed by atoms with Crippen LogP contribution in [-0.2, 0) is 19.5 Å². The lowest BCUT2D eigenvalue weighted by Gasteiger charge is -2.08. The number of amides is 1. The molecule has 2 heterocycles. The minimum absolute atomic E-state index is 0.0783. The third kappa shape index (κ3) is 3.49. The Balaban J connectivity index is 1.69. The van der Waals surface area contributed by atoms with Crippen LogP contribution < -0.4 is 5.32 Å². The summed E-state index contributed by atoms with van der Waals surface area (Å²) >= 11 is 0. The molecule has 0 saturated heterocycles. The summed E-state index contributed by atoms with van der Waals surface area (Å²) in [6, 6.07) is 10.0. The van der Waals surface area contributed by atoms with Crippen molar-refractivity contribution in [3.63, 3.8) is 0 Å². The second kappa shape index (κ2) is 7.72. The van der Waals surface area contributed by atoms with Gasteiger partial charge in [0.2, 0.25) is 0 Å². The molecule has 0 aliphatic rings. The number of rotatable bonds is 7. The number of nitrogens with zero attached hydrogens (tertiary/aromatic N) is 4. The van der Waals surface area contributed by atoms with Gasteiger partial charge >= 0.3 is 0 Å². The van der Waals surface area contributed by atoms with Gasteiger partial charge in [-0.1, -0.05) is 26.0 Å². The van der Waals surface area contributed by atoms with Gasteiger partial charge < -0.3 is 9.88 Å². The quantitative estimate of drug-likeness (QED) is 0.708. The number of aryl methyl sites for hydroxylation is 2. The molecule has 2 aromatic heterocycles. The molecule has 3 aromatic rings. The SMILES string of the molecule is CCn1nc(C(C)C)cc1C(=O)NCCc1nc2ccccc2n1CC. The predicted octanol–water partition coefficient (Wildman–Crippen LogP) is 3.37. The Hall–Kier alpha value is -2.63. The van der Waals surface area contributed by atoms with E-state index in [0.717, 1.165) is 29.1 Å². The van der Waals surface area contributed by atoms with Gasteiger partial charge in [0.15, 0.2) is 0 Å². The zero-order valence-corrected chi connectivity index (χ0v) is 16.0. The van der Waals surface area contributed by atoms with Crippen LogP contribution in [0.1, 0.15) is 55.6 Å². The lowest BCUT2D eigenvalue weighted by Crippen LogP contribution is -2.28. The Kier molecular flexibility index (Phi) is 5.40. The van der Waals surface area contributed by atoms with E-state index in [1.165, 1.54) is 0 Å². The van der Waals surface area contributed by atoms with E-state index in [0.29, 0.717) is 31.1 Å². The number of hydrogen-bond acceptors (Lipinski definition) is 3. The molecule has 0 atom stereocenters. The monoisotopic (exact) mass is 353 g/mol. The topological polar surface area (TPSA) is 64.7 Å². The smallest absolute Gasteiger partial charge is 0.269 e. The summed E-state index contributed by atoms with van der Waals surface area (Å²) in [6.07, 6.45) is 0.700. The molecule has 3 rings (SSSR count). The Morgan fingerprint density at radius 3 is 2.65 bits per heavy atom. The second-order valence-electron chi connectivity index (χ2n) is 6.69. The number of hydrogen-bond donors (Lipinski definition) is 1. The summed E-state index contributed by atoms with van der Waals surface area (Å²) in [5.74, 6) is 1.23. The normalized spacial score (nSPS) is 11.4. The van der Waals surface area contributed by atoms with Crippen molar-refractivity contribution in [2.24, 2.45) is 0 Å². The summed E-state index contributed by atoms with van der Waals surface area (Å²) in [7, 11) is 0. The van der Waals surface area contributed by atoms with Crippen LogP contribution in [0.25, 0.3) is 11.0 Å². The average Bonchev–Trinajstić information content (AvgIpc) is 3.22. The Labute approximate surface area is 154 Å². The maximum atomic E-state index is 12.6. The lowest BCUT2D eigenvalue weighted by molar-refractivity contribution is 0.0943. The highest BCUT2D eigenvalue weighted by atomic mass is 16.2. The Morgan fingerprint density at radius 1 is 1.19 bits per heavy atom. The number of carbonyl (C=O) groups is 1.